The van der Waals surface area contributed by atoms with E-state index in [0.717, 1.165) is 11.1 Å². The van der Waals surface area contributed by atoms with Crippen molar-refractivity contribution in [1.29, 1.82) is 0 Å². The largest absolute Gasteiger partial charge is 0.384 e. The van der Waals surface area contributed by atoms with Gasteiger partial charge in [0.05, 0.1) is 13.2 Å². The molecule has 0 saturated heterocycles. The summed E-state index contributed by atoms with van der Waals surface area (Å²) in [6, 6.07) is 5.73. The van der Waals surface area contributed by atoms with Gasteiger partial charge in [0.25, 0.3) is 0 Å². The van der Waals surface area contributed by atoms with Crippen LogP contribution in [0.1, 0.15) is 29.3 Å². The highest BCUT2D eigenvalue weighted by Gasteiger charge is 2.17. The number of rotatable bonds is 8. The molecule has 0 aliphatic heterocycles. The van der Waals surface area contributed by atoms with E-state index in [9.17, 15) is 9.59 Å². The molecule has 8 heteroatoms. The van der Waals surface area contributed by atoms with Crippen molar-refractivity contribution >= 4 is 17.5 Å². The van der Waals surface area contributed by atoms with Gasteiger partial charge in [-0.3, -0.25) is 9.59 Å². The van der Waals surface area contributed by atoms with Crippen molar-refractivity contribution in [1.82, 2.24) is 15.0 Å². The van der Waals surface area contributed by atoms with Crippen molar-refractivity contribution in [2.75, 3.05) is 26.1 Å². The SMILES string of the molecule is COCCc1noc(CN(C)C(=O)CC(=O)Nc2cc(C)cc(C)c2)n1. The summed E-state index contributed by atoms with van der Waals surface area (Å²) in [5, 5.41) is 6.56. The van der Waals surface area contributed by atoms with Crippen LogP contribution in [0.2, 0.25) is 0 Å². The van der Waals surface area contributed by atoms with Crippen LogP contribution < -0.4 is 5.32 Å². The number of carbonyl (C=O) groups is 2. The first-order valence-corrected chi connectivity index (χ1v) is 8.30. The number of amides is 2. The van der Waals surface area contributed by atoms with Gasteiger partial charge in [-0.25, -0.2) is 0 Å². The summed E-state index contributed by atoms with van der Waals surface area (Å²) >= 11 is 0. The molecule has 8 nitrogen and oxygen atoms in total. The predicted molar refractivity (Wildman–Crippen MR) is 95.5 cm³/mol. The number of methoxy groups -OCH3 is 1. The van der Waals surface area contributed by atoms with Crippen molar-refractivity contribution < 1.29 is 18.8 Å². The highest BCUT2D eigenvalue weighted by molar-refractivity contribution is 6.03. The van der Waals surface area contributed by atoms with Gasteiger partial charge in [-0.1, -0.05) is 11.2 Å². The smallest absolute Gasteiger partial charge is 0.246 e. The average molecular weight is 360 g/mol. The molecule has 0 unspecified atom stereocenters. The zero-order valence-corrected chi connectivity index (χ0v) is 15.5. The normalized spacial score (nSPS) is 10.6. The lowest BCUT2D eigenvalue weighted by Crippen LogP contribution is -2.30. The van der Waals surface area contributed by atoms with Crippen LogP contribution in [0.5, 0.6) is 0 Å². The summed E-state index contributed by atoms with van der Waals surface area (Å²) in [5.74, 6) is 0.151. The Morgan fingerprint density at radius 2 is 1.92 bits per heavy atom. The topological polar surface area (TPSA) is 97.6 Å². The first kappa shape index (κ1) is 19.6. The average Bonchev–Trinajstić information content (AvgIpc) is 2.99. The van der Waals surface area contributed by atoms with E-state index in [1.807, 2.05) is 32.0 Å². The van der Waals surface area contributed by atoms with E-state index in [0.29, 0.717) is 30.4 Å². The van der Waals surface area contributed by atoms with E-state index >= 15 is 0 Å². The molecule has 140 valence electrons. The minimum atomic E-state index is -0.363. The quantitative estimate of drug-likeness (QED) is 0.722. The van der Waals surface area contributed by atoms with Gasteiger partial charge in [-0.15, -0.1) is 0 Å². The van der Waals surface area contributed by atoms with Crippen molar-refractivity contribution in [2.24, 2.45) is 0 Å². The molecule has 1 aromatic carbocycles. The molecule has 0 radical (unpaired) electrons. The third-order valence-corrected chi connectivity index (χ3v) is 3.66. The molecule has 1 heterocycles. The van der Waals surface area contributed by atoms with Crippen LogP contribution in [0, 0.1) is 13.8 Å². The van der Waals surface area contributed by atoms with Crippen molar-refractivity contribution in [2.45, 2.75) is 33.2 Å². The molecule has 0 aliphatic carbocycles. The Balaban J connectivity index is 1.85. The van der Waals surface area contributed by atoms with E-state index in [2.05, 4.69) is 15.5 Å². The maximum atomic E-state index is 12.2. The molecular weight excluding hydrogens is 336 g/mol. The van der Waals surface area contributed by atoms with Crippen LogP contribution >= 0.6 is 0 Å². The van der Waals surface area contributed by atoms with Gasteiger partial charge in [0.15, 0.2) is 5.82 Å². The number of nitrogens with one attached hydrogen (secondary N) is 1. The molecule has 0 saturated carbocycles. The van der Waals surface area contributed by atoms with Gasteiger partial charge in [0, 0.05) is 26.3 Å². The molecule has 1 N–H and O–H groups in total. The molecule has 0 bridgehead atoms. The van der Waals surface area contributed by atoms with Crippen LogP contribution in [-0.4, -0.2) is 47.6 Å². The fourth-order valence-electron chi connectivity index (χ4n) is 2.46. The summed E-state index contributed by atoms with van der Waals surface area (Å²) in [6.45, 7) is 4.54. The molecule has 2 aromatic rings. The highest BCUT2D eigenvalue weighted by Crippen LogP contribution is 2.14. The number of carbonyl (C=O) groups excluding carboxylic acids is 2. The zero-order chi connectivity index (χ0) is 19.1. The molecule has 1 aromatic heterocycles. The molecule has 0 atom stereocenters. The maximum absolute atomic E-state index is 12.2. The molecular formula is C18H24N4O4. The molecule has 0 aliphatic rings. The second kappa shape index (κ2) is 9.10. The van der Waals surface area contributed by atoms with E-state index < -0.39 is 0 Å². The number of aryl methyl sites for hydroxylation is 2. The first-order valence-electron chi connectivity index (χ1n) is 8.30. The fraction of sp³-hybridized carbons (Fsp3) is 0.444. The summed E-state index contributed by atoms with van der Waals surface area (Å²) < 4.78 is 10.0. The Kier molecular flexibility index (Phi) is 6.85. The Morgan fingerprint density at radius 1 is 1.23 bits per heavy atom. The molecule has 26 heavy (non-hydrogen) atoms. The third kappa shape index (κ3) is 5.96. The summed E-state index contributed by atoms with van der Waals surface area (Å²) in [4.78, 5) is 29.9. The van der Waals surface area contributed by atoms with E-state index in [4.69, 9.17) is 9.26 Å². The standard InChI is InChI=1S/C18H24N4O4/c1-12-7-13(2)9-14(8-12)19-16(23)10-18(24)22(3)11-17-20-15(21-26-17)5-6-25-4/h7-9H,5-6,10-11H2,1-4H3,(H,19,23). The van der Waals surface area contributed by atoms with Gasteiger partial charge in [-0.05, 0) is 37.1 Å². The van der Waals surface area contributed by atoms with Crippen LogP contribution in [0.4, 0.5) is 5.69 Å². The summed E-state index contributed by atoms with van der Waals surface area (Å²) in [6.07, 6.45) is 0.282. The number of benzene rings is 1. The number of aromatic nitrogens is 2. The fourth-order valence-corrected chi connectivity index (χ4v) is 2.46. The van der Waals surface area contributed by atoms with Crippen LogP contribution in [0.15, 0.2) is 22.7 Å². The predicted octanol–water partition coefficient (Wildman–Crippen LogP) is 1.86. The third-order valence-electron chi connectivity index (χ3n) is 3.66. The zero-order valence-electron chi connectivity index (χ0n) is 15.5. The highest BCUT2D eigenvalue weighted by atomic mass is 16.5. The molecule has 2 rings (SSSR count). The lowest BCUT2D eigenvalue weighted by molar-refractivity contribution is -0.134. The van der Waals surface area contributed by atoms with Gasteiger partial charge in [0.1, 0.15) is 6.42 Å². The minimum Gasteiger partial charge on any atom is -0.384 e. The summed E-state index contributed by atoms with van der Waals surface area (Å²) in [7, 11) is 3.18. The minimum absolute atomic E-state index is 0.148. The summed E-state index contributed by atoms with van der Waals surface area (Å²) in [5.41, 5.74) is 2.77. The second-order valence-electron chi connectivity index (χ2n) is 6.20. The maximum Gasteiger partial charge on any atom is 0.246 e. The van der Waals surface area contributed by atoms with Gasteiger partial charge >= 0.3 is 0 Å². The van der Waals surface area contributed by atoms with Crippen molar-refractivity contribution in [3.8, 4) is 0 Å². The van der Waals surface area contributed by atoms with Gasteiger partial charge in [-0.2, -0.15) is 4.98 Å². The number of nitrogens with zero attached hydrogens (tertiary/aromatic N) is 3. The van der Waals surface area contributed by atoms with Crippen LogP contribution in [-0.2, 0) is 27.3 Å². The molecule has 2 amide bonds. The van der Waals surface area contributed by atoms with E-state index in [1.54, 1.807) is 14.2 Å². The Labute approximate surface area is 152 Å². The number of ether oxygens (including phenoxy) is 1. The first-order chi connectivity index (χ1) is 12.4. The van der Waals surface area contributed by atoms with E-state index in [-0.39, 0.29) is 24.8 Å². The molecule has 0 fully saturated rings. The lowest BCUT2D eigenvalue weighted by Gasteiger charge is -2.14. The van der Waals surface area contributed by atoms with Crippen LogP contribution in [0.25, 0.3) is 0 Å². The van der Waals surface area contributed by atoms with E-state index in [1.165, 1.54) is 4.90 Å². The lowest BCUT2D eigenvalue weighted by atomic mass is 10.1. The molecule has 0 spiro atoms. The van der Waals surface area contributed by atoms with Crippen molar-refractivity contribution in [3.63, 3.8) is 0 Å². The number of anilines is 1. The van der Waals surface area contributed by atoms with Crippen LogP contribution in [0.3, 0.4) is 0 Å². The Morgan fingerprint density at radius 3 is 2.58 bits per heavy atom. The monoisotopic (exact) mass is 360 g/mol. The Hall–Kier alpha value is -2.74. The van der Waals surface area contributed by atoms with Gasteiger partial charge in [0.2, 0.25) is 17.7 Å². The number of hydrogen-bond acceptors (Lipinski definition) is 6. The van der Waals surface area contributed by atoms with Gasteiger partial charge < -0.3 is 19.5 Å². The second-order valence-corrected chi connectivity index (χ2v) is 6.20. The van der Waals surface area contributed by atoms with Crippen molar-refractivity contribution in [3.05, 3.63) is 41.0 Å². The number of hydrogen-bond donors (Lipinski definition) is 1. The Bertz CT molecular complexity index is 752.